The number of ether oxygens (including phenoxy) is 1. The number of amides is 2. The van der Waals surface area contributed by atoms with Crippen LogP contribution in [0.15, 0.2) is 53.5 Å². The van der Waals surface area contributed by atoms with Crippen LogP contribution in [0.1, 0.15) is 30.5 Å². The first-order chi connectivity index (χ1) is 16.6. The summed E-state index contributed by atoms with van der Waals surface area (Å²) in [6.07, 6.45) is 1.09. The number of urea groups is 1. The second-order valence-corrected chi connectivity index (χ2v) is 7.91. The first-order valence-corrected chi connectivity index (χ1v) is 10.8. The molecule has 0 spiro atoms. The average Bonchev–Trinajstić information content (AvgIpc) is 2.78. The number of nitrogens with one attached hydrogen (secondary N) is 2. The fraction of sp³-hybridized carbons (Fsp3) is 0.240. The lowest BCUT2D eigenvalue weighted by Gasteiger charge is -2.21. The maximum absolute atomic E-state index is 14.4. The predicted octanol–water partition coefficient (Wildman–Crippen LogP) is 4.16. The number of anilines is 1. The summed E-state index contributed by atoms with van der Waals surface area (Å²) in [6, 6.07) is 7.64. The number of halogens is 2. The van der Waals surface area contributed by atoms with Crippen molar-refractivity contribution in [2.75, 3.05) is 11.9 Å². The molecule has 3 N–H and O–H groups in total. The molecule has 184 valence electrons. The molecule has 0 aliphatic rings. The van der Waals surface area contributed by atoms with Crippen molar-refractivity contribution in [2.24, 2.45) is 7.05 Å². The van der Waals surface area contributed by atoms with E-state index in [2.05, 4.69) is 10.6 Å². The molecule has 0 aliphatic heterocycles. The van der Waals surface area contributed by atoms with Gasteiger partial charge >= 0.3 is 12.0 Å². The zero-order chi connectivity index (χ0) is 25.7. The van der Waals surface area contributed by atoms with E-state index in [4.69, 9.17) is 4.74 Å². The molecule has 0 saturated carbocycles. The van der Waals surface area contributed by atoms with E-state index < -0.39 is 41.0 Å². The second-order valence-electron chi connectivity index (χ2n) is 7.91. The average molecular weight is 485 g/mol. The quantitative estimate of drug-likeness (QED) is 0.436. The monoisotopic (exact) mass is 485 g/mol. The van der Waals surface area contributed by atoms with E-state index in [1.807, 2.05) is 0 Å². The molecule has 3 rings (SSSR count). The maximum Gasteiger partial charge on any atom is 0.319 e. The van der Waals surface area contributed by atoms with E-state index in [1.165, 1.54) is 29.9 Å². The number of nitrogens with zero attached hydrogens (tertiary/aromatic N) is 1. The van der Waals surface area contributed by atoms with Gasteiger partial charge in [0.2, 0.25) is 0 Å². The molecule has 0 radical (unpaired) electrons. The molecule has 0 unspecified atom stereocenters. The number of hydrogen-bond acceptors (Lipinski definition) is 5. The van der Waals surface area contributed by atoms with Gasteiger partial charge in [-0.15, -0.1) is 0 Å². The van der Waals surface area contributed by atoms with Gasteiger partial charge in [-0.2, -0.15) is 0 Å². The highest BCUT2D eigenvalue weighted by Gasteiger charge is 2.22. The van der Waals surface area contributed by atoms with Gasteiger partial charge in [0.25, 0.3) is 5.56 Å². The van der Waals surface area contributed by atoms with Gasteiger partial charge in [-0.25, -0.2) is 13.6 Å². The topological polar surface area (TPSA) is 110 Å². The van der Waals surface area contributed by atoms with Gasteiger partial charge in [0.05, 0.1) is 19.1 Å². The number of esters is 1. The Kier molecular flexibility index (Phi) is 7.85. The summed E-state index contributed by atoms with van der Waals surface area (Å²) in [4.78, 5) is 37.3. The SMILES string of the molecule is CCOC(=O)C[C@H](NC(=O)Nc1c(O)ccn(C)c1=O)c1cc(C)cc(-c2ccc(F)cc2F)c1. The van der Waals surface area contributed by atoms with Crippen LogP contribution >= 0.6 is 0 Å². The van der Waals surface area contributed by atoms with Crippen LogP contribution in [0.5, 0.6) is 5.75 Å². The minimum absolute atomic E-state index is 0.130. The van der Waals surface area contributed by atoms with Crippen LogP contribution in [0, 0.1) is 18.6 Å². The Balaban J connectivity index is 1.96. The largest absolute Gasteiger partial charge is 0.505 e. The highest BCUT2D eigenvalue weighted by molar-refractivity contribution is 5.91. The number of carbonyl (C=O) groups is 2. The summed E-state index contributed by atoms with van der Waals surface area (Å²) in [7, 11) is 1.46. The molecular formula is C25H25F2N3O5. The van der Waals surface area contributed by atoms with Crippen LogP contribution in [0.25, 0.3) is 11.1 Å². The molecule has 0 aliphatic carbocycles. The zero-order valence-corrected chi connectivity index (χ0v) is 19.4. The molecule has 1 aromatic heterocycles. The van der Waals surface area contributed by atoms with Crippen LogP contribution in [-0.2, 0) is 16.6 Å². The number of aromatic nitrogens is 1. The third-order valence-electron chi connectivity index (χ3n) is 5.21. The first kappa shape index (κ1) is 25.4. The highest BCUT2D eigenvalue weighted by atomic mass is 19.1. The molecule has 0 fully saturated rings. The zero-order valence-electron chi connectivity index (χ0n) is 19.4. The van der Waals surface area contributed by atoms with Gasteiger partial charge < -0.3 is 25.0 Å². The van der Waals surface area contributed by atoms with Crippen LogP contribution < -0.4 is 16.2 Å². The Morgan fingerprint density at radius 2 is 1.89 bits per heavy atom. The number of aromatic hydroxyl groups is 1. The fourth-order valence-electron chi connectivity index (χ4n) is 3.58. The first-order valence-electron chi connectivity index (χ1n) is 10.8. The summed E-state index contributed by atoms with van der Waals surface area (Å²) in [6.45, 7) is 3.52. The molecule has 2 amide bonds. The smallest absolute Gasteiger partial charge is 0.319 e. The normalized spacial score (nSPS) is 11.6. The summed E-state index contributed by atoms with van der Waals surface area (Å²) < 4.78 is 34.0. The summed E-state index contributed by atoms with van der Waals surface area (Å²) in [5.41, 5.74) is 0.757. The molecule has 10 heteroatoms. The van der Waals surface area contributed by atoms with Crippen molar-refractivity contribution >= 4 is 17.7 Å². The van der Waals surface area contributed by atoms with Crippen LogP contribution in [0.4, 0.5) is 19.3 Å². The Morgan fingerprint density at radius 3 is 2.57 bits per heavy atom. The van der Waals surface area contributed by atoms with Crippen molar-refractivity contribution in [1.29, 1.82) is 0 Å². The van der Waals surface area contributed by atoms with Crippen molar-refractivity contribution in [1.82, 2.24) is 9.88 Å². The van der Waals surface area contributed by atoms with Gasteiger partial charge in [0.1, 0.15) is 17.4 Å². The van der Waals surface area contributed by atoms with Crippen LogP contribution in [0.3, 0.4) is 0 Å². The van der Waals surface area contributed by atoms with Crippen molar-refractivity contribution < 1.29 is 28.2 Å². The van der Waals surface area contributed by atoms with Gasteiger partial charge in [-0.05, 0) is 49.2 Å². The van der Waals surface area contributed by atoms with Gasteiger partial charge in [-0.3, -0.25) is 9.59 Å². The molecular weight excluding hydrogens is 460 g/mol. The lowest BCUT2D eigenvalue weighted by molar-refractivity contribution is -0.143. The maximum atomic E-state index is 14.4. The van der Waals surface area contributed by atoms with Crippen molar-refractivity contribution in [3.8, 4) is 16.9 Å². The summed E-state index contributed by atoms with van der Waals surface area (Å²) in [5, 5.41) is 14.9. The molecule has 1 atom stereocenters. The number of aryl methyl sites for hydroxylation is 2. The number of rotatable bonds is 7. The lowest BCUT2D eigenvalue weighted by atomic mass is 9.95. The molecule has 0 saturated heterocycles. The van der Waals surface area contributed by atoms with E-state index in [0.29, 0.717) is 16.7 Å². The minimum atomic E-state index is -0.925. The van der Waals surface area contributed by atoms with E-state index in [1.54, 1.807) is 32.0 Å². The van der Waals surface area contributed by atoms with Gasteiger partial charge in [-0.1, -0.05) is 17.7 Å². The van der Waals surface area contributed by atoms with E-state index in [0.717, 1.165) is 12.1 Å². The Morgan fingerprint density at radius 1 is 1.14 bits per heavy atom. The molecule has 35 heavy (non-hydrogen) atoms. The van der Waals surface area contributed by atoms with Crippen LogP contribution in [0.2, 0.25) is 0 Å². The Bertz CT molecular complexity index is 1320. The molecule has 3 aromatic rings. The van der Waals surface area contributed by atoms with E-state index >= 15 is 0 Å². The summed E-state index contributed by atoms with van der Waals surface area (Å²) in [5.74, 6) is -2.49. The van der Waals surface area contributed by atoms with Crippen LogP contribution in [-0.4, -0.2) is 28.3 Å². The third-order valence-corrected chi connectivity index (χ3v) is 5.21. The lowest BCUT2D eigenvalue weighted by Crippen LogP contribution is -2.36. The van der Waals surface area contributed by atoms with Gasteiger partial charge in [0, 0.05) is 24.9 Å². The standard InChI is InChI=1S/C25H25F2N3O5/c1-4-35-22(32)13-20(28-25(34)29-23-21(31)7-8-30(3)24(23)33)16-10-14(2)9-15(11-16)18-6-5-17(26)12-19(18)27/h5-12,20,31H,4,13H2,1-3H3,(H2,28,29,34)/t20-/m0/s1. The Hall–Kier alpha value is -4.21. The van der Waals surface area contributed by atoms with Gasteiger partial charge in [0.15, 0.2) is 5.69 Å². The van der Waals surface area contributed by atoms with Crippen molar-refractivity contribution in [2.45, 2.75) is 26.3 Å². The molecule has 1 heterocycles. The Labute approximate surface area is 200 Å². The highest BCUT2D eigenvalue weighted by Crippen LogP contribution is 2.29. The molecule has 2 aromatic carbocycles. The number of pyridine rings is 1. The number of hydrogen-bond donors (Lipinski definition) is 3. The fourth-order valence-corrected chi connectivity index (χ4v) is 3.58. The van der Waals surface area contributed by atoms with Crippen molar-refractivity contribution in [3.05, 3.63) is 81.8 Å². The number of carbonyl (C=O) groups excluding carboxylic acids is 2. The summed E-state index contributed by atoms with van der Waals surface area (Å²) >= 11 is 0. The molecule has 8 nitrogen and oxygen atoms in total. The second kappa shape index (κ2) is 10.8. The molecule has 0 bridgehead atoms. The predicted molar refractivity (Wildman–Crippen MR) is 126 cm³/mol. The van der Waals surface area contributed by atoms with E-state index in [9.17, 15) is 28.3 Å². The minimum Gasteiger partial charge on any atom is -0.505 e. The number of benzene rings is 2. The third kappa shape index (κ3) is 6.23. The van der Waals surface area contributed by atoms with E-state index in [-0.39, 0.29) is 24.3 Å². The van der Waals surface area contributed by atoms with Crippen molar-refractivity contribution in [3.63, 3.8) is 0 Å².